The molecular formula is C17H17N5O. The molecule has 0 aliphatic rings. The summed E-state index contributed by atoms with van der Waals surface area (Å²) in [4.78, 5) is 15.9. The van der Waals surface area contributed by atoms with Gasteiger partial charge < -0.3 is 11.1 Å². The SMILES string of the molecule is Nc1ccc(C(=O)NCc2cnn(Cc3ccccc3)c2)cn1. The number of rotatable bonds is 5. The predicted molar refractivity (Wildman–Crippen MR) is 87.6 cm³/mol. The van der Waals surface area contributed by atoms with Crippen molar-refractivity contribution >= 4 is 11.7 Å². The Morgan fingerprint density at radius 3 is 2.65 bits per heavy atom. The molecule has 0 spiro atoms. The lowest BCUT2D eigenvalue weighted by Gasteiger charge is -2.03. The molecule has 3 aromatic rings. The molecule has 0 radical (unpaired) electrons. The van der Waals surface area contributed by atoms with Crippen LogP contribution in [0.4, 0.5) is 5.82 Å². The second-order valence-corrected chi connectivity index (χ2v) is 5.19. The minimum absolute atomic E-state index is 0.187. The first-order valence-electron chi connectivity index (χ1n) is 7.26. The van der Waals surface area contributed by atoms with Crippen LogP contribution in [0.15, 0.2) is 61.1 Å². The Bertz CT molecular complexity index is 780. The fourth-order valence-corrected chi connectivity index (χ4v) is 2.18. The number of nitrogens with two attached hydrogens (primary N) is 1. The van der Waals surface area contributed by atoms with Crippen LogP contribution in [-0.4, -0.2) is 20.7 Å². The average Bonchev–Trinajstić information content (AvgIpc) is 3.02. The van der Waals surface area contributed by atoms with Crippen LogP contribution < -0.4 is 11.1 Å². The zero-order valence-electron chi connectivity index (χ0n) is 12.5. The lowest BCUT2D eigenvalue weighted by Crippen LogP contribution is -2.22. The molecular weight excluding hydrogens is 290 g/mol. The van der Waals surface area contributed by atoms with Crippen molar-refractivity contribution in [1.29, 1.82) is 0 Å². The maximum atomic E-state index is 12.0. The van der Waals surface area contributed by atoms with Crippen molar-refractivity contribution in [2.24, 2.45) is 0 Å². The zero-order valence-corrected chi connectivity index (χ0v) is 12.5. The first kappa shape index (κ1) is 14.8. The summed E-state index contributed by atoms with van der Waals surface area (Å²) < 4.78 is 1.85. The fourth-order valence-electron chi connectivity index (χ4n) is 2.18. The maximum Gasteiger partial charge on any atom is 0.253 e. The van der Waals surface area contributed by atoms with Crippen LogP contribution in [0.1, 0.15) is 21.5 Å². The molecule has 2 heterocycles. The number of nitrogen functional groups attached to an aromatic ring is 1. The molecule has 23 heavy (non-hydrogen) atoms. The second kappa shape index (κ2) is 6.74. The van der Waals surface area contributed by atoms with Crippen molar-refractivity contribution in [2.45, 2.75) is 13.1 Å². The van der Waals surface area contributed by atoms with Gasteiger partial charge in [0.1, 0.15) is 5.82 Å². The average molecular weight is 307 g/mol. The molecule has 0 fully saturated rings. The summed E-state index contributed by atoms with van der Waals surface area (Å²) >= 11 is 0. The number of amides is 1. The van der Waals surface area contributed by atoms with E-state index in [1.54, 1.807) is 18.3 Å². The monoisotopic (exact) mass is 307 g/mol. The molecule has 1 aromatic carbocycles. The molecule has 116 valence electrons. The van der Waals surface area contributed by atoms with E-state index in [4.69, 9.17) is 5.73 Å². The summed E-state index contributed by atoms with van der Waals surface area (Å²) in [5.41, 5.74) is 8.11. The van der Waals surface area contributed by atoms with Crippen molar-refractivity contribution in [2.75, 3.05) is 5.73 Å². The van der Waals surface area contributed by atoms with Crippen LogP contribution in [0.25, 0.3) is 0 Å². The number of nitrogens with zero attached hydrogens (tertiary/aromatic N) is 3. The molecule has 0 aliphatic carbocycles. The van der Waals surface area contributed by atoms with E-state index >= 15 is 0 Å². The molecule has 0 aliphatic heterocycles. The van der Waals surface area contributed by atoms with Gasteiger partial charge in [0.15, 0.2) is 0 Å². The van der Waals surface area contributed by atoms with E-state index in [9.17, 15) is 4.79 Å². The first-order valence-corrected chi connectivity index (χ1v) is 7.26. The van der Waals surface area contributed by atoms with Crippen molar-refractivity contribution < 1.29 is 4.79 Å². The summed E-state index contributed by atoms with van der Waals surface area (Å²) in [5.74, 6) is 0.206. The summed E-state index contributed by atoms with van der Waals surface area (Å²) in [7, 11) is 0. The number of carbonyl (C=O) groups excluding carboxylic acids is 1. The van der Waals surface area contributed by atoms with Crippen LogP contribution in [-0.2, 0) is 13.1 Å². The standard InChI is InChI=1S/C17H17N5O/c18-16-7-6-15(10-19-16)17(23)20-8-14-9-21-22(12-14)11-13-4-2-1-3-5-13/h1-7,9-10,12H,8,11H2,(H2,18,19)(H,20,23). The van der Waals surface area contributed by atoms with E-state index in [1.807, 2.05) is 29.1 Å². The highest BCUT2D eigenvalue weighted by Crippen LogP contribution is 2.05. The van der Waals surface area contributed by atoms with Gasteiger partial charge in [0.25, 0.3) is 5.91 Å². The minimum atomic E-state index is -0.187. The first-order chi connectivity index (χ1) is 11.2. The van der Waals surface area contributed by atoms with Gasteiger partial charge in [0, 0.05) is 24.5 Å². The molecule has 1 amide bonds. The number of carbonyl (C=O) groups is 1. The number of hydrogen-bond donors (Lipinski definition) is 2. The van der Waals surface area contributed by atoms with Crippen molar-refractivity contribution in [3.05, 3.63) is 77.7 Å². The van der Waals surface area contributed by atoms with Gasteiger partial charge >= 0.3 is 0 Å². The number of hydrogen-bond acceptors (Lipinski definition) is 4. The van der Waals surface area contributed by atoms with Crippen LogP contribution in [0.2, 0.25) is 0 Å². The lowest BCUT2D eigenvalue weighted by atomic mass is 10.2. The van der Waals surface area contributed by atoms with E-state index in [2.05, 4.69) is 27.5 Å². The lowest BCUT2D eigenvalue weighted by molar-refractivity contribution is 0.0950. The van der Waals surface area contributed by atoms with Crippen molar-refractivity contribution in [1.82, 2.24) is 20.1 Å². The molecule has 0 saturated carbocycles. The van der Waals surface area contributed by atoms with Crippen LogP contribution in [0.5, 0.6) is 0 Å². The molecule has 3 N–H and O–H groups in total. The number of pyridine rings is 1. The van der Waals surface area contributed by atoms with Gasteiger partial charge in [-0.05, 0) is 17.7 Å². The molecule has 0 atom stereocenters. The normalized spacial score (nSPS) is 10.4. The van der Waals surface area contributed by atoms with Gasteiger partial charge in [-0.2, -0.15) is 5.10 Å². The summed E-state index contributed by atoms with van der Waals surface area (Å²) in [6.45, 7) is 1.12. The highest BCUT2D eigenvalue weighted by Gasteiger charge is 2.06. The Balaban J connectivity index is 1.57. The van der Waals surface area contributed by atoms with E-state index < -0.39 is 0 Å². The molecule has 6 nitrogen and oxygen atoms in total. The maximum absolute atomic E-state index is 12.0. The Morgan fingerprint density at radius 2 is 1.91 bits per heavy atom. The van der Waals surface area contributed by atoms with Gasteiger partial charge in [0.05, 0.1) is 18.3 Å². The summed E-state index contributed by atoms with van der Waals surface area (Å²) in [6.07, 6.45) is 5.14. The Kier molecular flexibility index (Phi) is 4.33. The van der Waals surface area contributed by atoms with E-state index in [0.717, 1.165) is 5.56 Å². The van der Waals surface area contributed by atoms with Gasteiger partial charge in [-0.15, -0.1) is 0 Å². The quantitative estimate of drug-likeness (QED) is 0.753. The largest absolute Gasteiger partial charge is 0.384 e. The van der Waals surface area contributed by atoms with E-state index in [-0.39, 0.29) is 5.91 Å². The summed E-state index contributed by atoms with van der Waals surface area (Å²) in [5, 5.41) is 7.15. The number of aromatic nitrogens is 3. The topological polar surface area (TPSA) is 85.8 Å². The van der Waals surface area contributed by atoms with Crippen LogP contribution in [0.3, 0.4) is 0 Å². The molecule has 0 saturated heterocycles. The number of benzene rings is 1. The van der Waals surface area contributed by atoms with Crippen molar-refractivity contribution in [3.8, 4) is 0 Å². The number of anilines is 1. The smallest absolute Gasteiger partial charge is 0.253 e. The van der Waals surface area contributed by atoms with Crippen LogP contribution in [0, 0.1) is 0 Å². The Morgan fingerprint density at radius 1 is 1.09 bits per heavy atom. The predicted octanol–water partition coefficient (Wildman–Crippen LogP) is 1.84. The second-order valence-electron chi connectivity index (χ2n) is 5.19. The van der Waals surface area contributed by atoms with E-state index in [1.165, 1.54) is 11.8 Å². The van der Waals surface area contributed by atoms with E-state index in [0.29, 0.717) is 24.5 Å². The molecule has 2 aromatic heterocycles. The molecule has 6 heteroatoms. The zero-order chi connectivity index (χ0) is 16.1. The Hall–Kier alpha value is -3.15. The van der Waals surface area contributed by atoms with Crippen LogP contribution >= 0.6 is 0 Å². The molecule has 0 bridgehead atoms. The van der Waals surface area contributed by atoms with Gasteiger partial charge in [-0.25, -0.2) is 4.98 Å². The Labute approximate surface area is 134 Å². The third-order valence-electron chi connectivity index (χ3n) is 3.38. The van der Waals surface area contributed by atoms with Gasteiger partial charge in [-0.1, -0.05) is 30.3 Å². The van der Waals surface area contributed by atoms with Gasteiger partial charge in [0.2, 0.25) is 0 Å². The van der Waals surface area contributed by atoms with Crippen molar-refractivity contribution in [3.63, 3.8) is 0 Å². The highest BCUT2D eigenvalue weighted by molar-refractivity contribution is 5.93. The summed E-state index contributed by atoms with van der Waals surface area (Å²) in [6, 6.07) is 13.3. The number of nitrogens with one attached hydrogen (secondary N) is 1. The minimum Gasteiger partial charge on any atom is -0.384 e. The highest BCUT2D eigenvalue weighted by atomic mass is 16.1. The molecule has 0 unspecified atom stereocenters. The van der Waals surface area contributed by atoms with Gasteiger partial charge in [-0.3, -0.25) is 9.48 Å². The fraction of sp³-hybridized carbons (Fsp3) is 0.118. The molecule has 3 rings (SSSR count). The third-order valence-corrected chi connectivity index (χ3v) is 3.38. The third kappa shape index (κ3) is 3.94.